The zero-order valence-corrected chi connectivity index (χ0v) is 11.7. The van der Waals surface area contributed by atoms with Crippen molar-refractivity contribution in [2.75, 3.05) is 0 Å². The minimum atomic E-state index is -0.548. The number of nitriles is 1. The number of benzene rings is 1. The summed E-state index contributed by atoms with van der Waals surface area (Å²) in [6, 6.07) is 14.5. The molecule has 0 bridgehead atoms. The van der Waals surface area contributed by atoms with Crippen LogP contribution in [0.5, 0.6) is 0 Å². The summed E-state index contributed by atoms with van der Waals surface area (Å²) in [4.78, 5) is 0. The van der Waals surface area contributed by atoms with Crippen molar-refractivity contribution in [2.24, 2.45) is 0 Å². The Hall–Kier alpha value is -2.01. The number of hydrogen-bond donors (Lipinski definition) is 0. The zero-order chi connectivity index (χ0) is 13.9. The van der Waals surface area contributed by atoms with E-state index < -0.39 is 5.41 Å². The second kappa shape index (κ2) is 5.32. The first-order chi connectivity index (χ1) is 9.05. The highest BCUT2D eigenvalue weighted by Gasteiger charge is 2.28. The Morgan fingerprint density at radius 1 is 1.21 bits per heavy atom. The van der Waals surface area contributed by atoms with Crippen molar-refractivity contribution < 1.29 is 4.42 Å². The lowest BCUT2D eigenvalue weighted by Gasteiger charge is -2.21. The molecule has 0 amide bonds. The highest BCUT2D eigenvalue weighted by molar-refractivity contribution is 5.36. The van der Waals surface area contributed by atoms with Crippen LogP contribution < -0.4 is 0 Å². The molecule has 2 nitrogen and oxygen atoms in total. The molecule has 2 aromatic rings. The van der Waals surface area contributed by atoms with Gasteiger partial charge < -0.3 is 4.42 Å². The standard InChI is InChI=1S/C17H19NO/c1-13(2)14-6-8-15(9-7-14)17(3,12-18)11-16-5-4-10-19-16/h4-10,13H,11H2,1-3H3. The third-order valence-electron chi connectivity index (χ3n) is 3.57. The van der Waals surface area contributed by atoms with Crippen molar-refractivity contribution in [1.29, 1.82) is 5.26 Å². The summed E-state index contributed by atoms with van der Waals surface area (Å²) in [5.41, 5.74) is 1.78. The predicted octanol–water partition coefficient (Wildman–Crippen LogP) is 4.43. The van der Waals surface area contributed by atoms with Gasteiger partial charge in [0.1, 0.15) is 5.76 Å². The lowest BCUT2D eigenvalue weighted by atomic mass is 9.79. The van der Waals surface area contributed by atoms with Crippen LogP contribution in [-0.4, -0.2) is 0 Å². The van der Waals surface area contributed by atoms with Gasteiger partial charge in [0.05, 0.1) is 17.7 Å². The zero-order valence-electron chi connectivity index (χ0n) is 11.7. The van der Waals surface area contributed by atoms with Crippen LogP contribution in [0.3, 0.4) is 0 Å². The van der Waals surface area contributed by atoms with E-state index in [2.05, 4.69) is 44.2 Å². The quantitative estimate of drug-likeness (QED) is 0.808. The molecule has 1 aromatic heterocycles. The third-order valence-corrected chi connectivity index (χ3v) is 3.57. The van der Waals surface area contributed by atoms with Crippen molar-refractivity contribution in [3.63, 3.8) is 0 Å². The summed E-state index contributed by atoms with van der Waals surface area (Å²) in [6.07, 6.45) is 2.24. The molecule has 0 fully saturated rings. The number of hydrogen-bond acceptors (Lipinski definition) is 2. The van der Waals surface area contributed by atoms with Crippen LogP contribution >= 0.6 is 0 Å². The van der Waals surface area contributed by atoms with Gasteiger partial charge in [-0.25, -0.2) is 0 Å². The lowest BCUT2D eigenvalue weighted by molar-refractivity contribution is 0.462. The third kappa shape index (κ3) is 2.88. The van der Waals surface area contributed by atoms with E-state index >= 15 is 0 Å². The van der Waals surface area contributed by atoms with Crippen molar-refractivity contribution in [3.8, 4) is 6.07 Å². The van der Waals surface area contributed by atoms with Crippen LogP contribution in [0.1, 0.15) is 43.6 Å². The fourth-order valence-corrected chi connectivity index (χ4v) is 2.20. The molecule has 0 saturated carbocycles. The monoisotopic (exact) mass is 253 g/mol. The van der Waals surface area contributed by atoms with Gasteiger partial charge in [-0.1, -0.05) is 38.1 Å². The molecule has 2 rings (SSSR count). The minimum Gasteiger partial charge on any atom is -0.469 e. The van der Waals surface area contributed by atoms with E-state index in [1.807, 2.05) is 19.1 Å². The predicted molar refractivity (Wildman–Crippen MR) is 75.9 cm³/mol. The Morgan fingerprint density at radius 2 is 1.89 bits per heavy atom. The molecular formula is C17H19NO. The molecule has 1 heterocycles. The summed E-state index contributed by atoms with van der Waals surface area (Å²) in [5, 5.41) is 9.52. The largest absolute Gasteiger partial charge is 0.469 e. The first-order valence-electron chi connectivity index (χ1n) is 6.59. The first-order valence-corrected chi connectivity index (χ1v) is 6.59. The Balaban J connectivity index is 2.28. The maximum atomic E-state index is 9.52. The molecule has 0 spiro atoms. The molecule has 0 radical (unpaired) electrons. The Bertz CT molecular complexity index is 560. The Morgan fingerprint density at radius 3 is 2.37 bits per heavy atom. The molecule has 0 aliphatic rings. The second-order valence-electron chi connectivity index (χ2n) is 5.48. The topological polar surface area (TPSA) is 36.9 Å². The molecule has 1 unspecified atom stereocenters. The van der Waals surface area contributed by atoms with E-state index in [0.29, 0.717) is 12.3 Å². The highest BCUT2D eigenvalue weighted by Crippen LogP contribution is 2.29. The van der Waals surface area contributed by atoms with Gasteiger partial charge in [-0.05, 0) is 36.1 Å². The van der Waals surface area contributed by atoms with E-state index in [-0.39, 0.29) is 0 Å². The molecule has 0 N–H and O–H groups in total. The van der Waals surface area contributed by atoms with E-state index in [4.69, 9.17) is 4.42 Å². The van der Waals surface area contributed by atoms with Gasteiger partial charge in [-0.2, -0.15) is 5.26 Å². The van der Waals surface area contributed by atoms with Gasteiger partial charge in [-0.15, -0.1) is 0 Å². The second-order valence-corrected chi connectivity index (χ2v) is 5.48. The summed E-state index contributed by atoms with van der Waals surface area (Å²) in [7, 11) is 0. The van der Waals surface area contributed by atoms with Crippen LogP contribution in [0.2, 0.25) is 0 Å². The molecule has 0 aliphatic heterocycles. The van der Waals surface area contributed by atoms with E-state index in [1.165, 1.54) is 5.56 Å². The van der Waals surface area contributed by atoms with Crippen molar-refractivity contribution in [3.05, 3.63) is 59.5 Å². The normalized spacial score (nSPS) is 14.1. The average Bonchev–Trinajstić information content (AvgIpc) is 2.91. The average molecular weight is 253 g/mol. The van der Waals surface area contributed by atoms with Gasteiger partial charge >= 0.3 is 0 Å². The fraction of sp³-hybridized carbons (Fsp3) is 0.353. The van der Waals surface area contributed by atoms with Crippen LogP contribution in [0, 0.1) is 11.3 Å². The van der Waals surface area contributed by atoms with Gasteiger partial charge in [0.25, 0.3) is 0 Å². The van der Waals surface area contributed by atoms with Gasteiger partial charge in [0.2, 0.25) is 0 Å². The molecule has 19 heavy (non-hydrogen) atoms. The van der Waals surface area contributed by atoms with E-state index in [0.717, 1.165) is 11.3 Å². The van der Waals surface area contributed by atoms with Gasteiger partial charge in [0, 0.05) is 6.42 Å². The maximum absolute atomic E-state index is 9.52. The minimum absolute atomic E-state index is 0.507. The molecule has 1 atom stereocenters. The summed E-state index contributed by atoms with van der Waals surface area (Å²) in [6.45, 7) is 6.29. The highest BCUT2D eigenvalue weighted by atomic mass is 16.3. The number of furan rings is 1. The number of nitrogens with zero attached hydrogens (tertiary/aromatic N) is 1. The van der Waals surface area contributed by atoms with Crippen molar-refractivity contribution in [1.82, 2.24) is 0 Å². The molecule has 0 saturated heterocycles. The van der Waals surface area contributed by atoms with Crippen LogP contribution in [0.15, 0.2) is 47.1 Å². The van der Waals surface area contributed by atoms with Crippen molar-refractivity contribution in [2.45, 2.75) is 38.5 Å². The fourth-order valence-electron chi connectivity index (χ4n) is 2.20. The SMILES string of the molecule is CC(C)c1ccc(C(C)(C#N)Cc2ccco2)cc1. The molecule has 1 aromatic carbocycles. The molecule has 98 valence electrons. The van der Waals surface area contributed by atoms with Crippen LogP contribution in [0.25, 0.3) is 0 Å². The lowest BCUT2D eigenvalue weighted by Crippen LogP contribution is -2.22. The van der Waals surface area contributed by atoms with Crippen LogP contribution in [-0.2, 0) is 11.8 Å². The molecule has 0 aliphatic carbocycles. The van der Waals surface area contributed by atoms with E-state index in [9.17, 15) is 5.26 Å². The Kier molecular flexibility index (Phi) is 3.76. The smallest absolute Gasteiger partial charge is 0.105 e. The molecule has 2 heteroatoms. The molecular weight excluding hydrogens is 234 g/mol. The van der Waals surface area contributed by atoms with Crippen LogP contribution in [0.4, 0.5) is 0 Å². The first kappa shape index (κ1) is 13.4. The summed E-state index contributed by atoms with van der Waals surface area (Å²) >= 11 is 0. The van der Waals surface area contributed by atoms with Crippen molar-refractivity contribution >= 4 is 0 Å². The summed E-state index contributed by atoms with van der Waals surface area (Å²) in [5.74, 6) is 1.35. The number of rotatable bonds is 4. The van der Waals surface area contributed by atoms with E-state index in [1.54, 1.807) is 6.26 Å². The van der Waals surface area contributed by atoms with Gasteiger partial charge in [-0.3, -0.25) is 0 Å². The van der Waals surface area contributed by atoms with Gasteiger partial charge in [0.15, 0.2) is 0 Å². The summed E-state index contributed by atoms with van der Waals surface area (Å²) < 4.78 is 5.36. The maximum Gasteiger partial charge on any atom is 0.105 e. The Labute approximate surface area is 114 Å².